The van der Waals surface area contributed by atoms with Crippen molar-refractivity contribution in [1.82, 2.24) is 0 Å². The third-order valence-corrected chi connectivity index (χ3v) is 3.55. The summed E-state index contributed by atoms with van der Waals surface area (Å²) in [7, 11) is -3.84. The first kappa shape index (κ1) is 15.3. The van der Waals surface area contributed by atoms with Gasteiger partial charge in [0.1, 0.15) is 5.78 Å². The van der Waals surface area contributed by atoms with E-state index in [1.165, 1.54) is 19.1 Å². The molecule has 0 unspecified atom stereocenters. The standard InChI is InChI=1S/C12H16N2O4S/c1-7-4-10(19(13,17)18)6-11(9(7)3)14-12(16)5-8(2)15/h4,6H,5H2,1-3H3,(H,14,16)(H2,13,17,18). The molecule has 6 nitrogen and oxygen atoms in total. The average molecular weight is 284 g/mol. The predicted molar refractivity (Wildman–Crippen MR) is 71.2 cm³/mol. The molecule has 0 fully saturated rings. The van der Waals surface area contributed by atoms with E-state index in [-0.39, 0.29) is 17.1 Å². The van der Waals surface area contributed by atoms with Gasteiger partial charge in [-0.05, 0) is 44.0 Å². The van der Waals surface area contributed by atoms with Crippen molar-refractivity contribution in [2.75, 3.05) is 5.32 Å². The Bertz CT molecular complexity index is 635. The van der Waals surface area contributed by atoms with E-state index in [2.05, 4.69) is 5.32 Å². The maximum atomic E-state index is 11.5. The average Bonchev–Trinajstić information content (AvgIpc) is 2.21. The fraction of sp³-hybridized carbons (Fsp3) is 0.333. The zero-order valence-corrected chi connectivity index (χ0v) is 11.8. The molecule has 7 heteroatoms. The van der Waals surface area contributed by atoms with E-state index < -0.39 is 15.9 Å². The highest BCUT2D eigenvalue weighted by Gasteiger charge is 2.14. The van der Waals surface area contributed by atoms with Crippen LogP contribution in [-0.2, 0) is 19.6 Å². The SMILES string of the molecule is CC(=O)CC(=O)Nc1cc(S(N)(=O)=O)cc(C)c1C. The molecule has 0 atom stereocenters. The third kappa shape index (κ3) is 4.15. The van der Waals surface area contributed by atoms with Crippen LogP contribution in [0.25, 0.3) is 0 Å². The summed E-state index contributed by atoms with van der Waals surface area (Å²) < 4.78 is 22.6. The monoisotopic (exact) mass is 284 g/mol. The van der Waals surface area contributed by atoms with Crippen LogP contribution in [-0.4, -0.2) is 20.1 Å². The van der Waals surface area contributed by atoms with Gasteiger partial charge in [0, 0.05) is 5.69 Å². The van der Waals surface area contributed by atoms with Gasteiger partial charge < -0.3 is 5.32 Å². The smallest absolute Gasteiger partial charge is 0.238 e. The lowest BCUT2D eigenvalue weighted by atomic mass is 10.1. The lowest BCUT2D eigenvalue weighted by Crippen LogP contribution is -2.17. The number of nitrogens with one attached hydrogen (secondary N) is 1. The van der Waals surface area contributed by atoms with Crippen LogP contribution in [0.5, 0.6) is 0 Å². The summed E-state index contributed by atoms with van der Waals surface area (Å²) in [4.78, 5) is 22.3. The van der Waals surface area contributed by atoms with Gasteiger partial charge in [0.15, 0.2) is 0 Å². The minimum atomic E-state index is -3.84. The molecule has 0 aliphatic heterocycles. The number of rotatable bonds is 4. The van der Waals surface area contributed by atoms with Gasteiger partial charge in [-0.1, -0.05) is 0 Å². The number of aryl methyl sites for hydroxylation is 1. The molecule has 0 saturated heterocycles. The predicted octanol–water partition coefficient (Wildman–Crippen LogP) is 0.868. The molecule has 1 aromatic rings. The Morgan fingerprint density at radius 2 is 1.84 bits per heavy atom. The zero-order valence-electron chi connectivity index (χ0n) is 11.0. The van der Waals surface area contributed by atoms with Crippen LogP contribution in [0, 0.1) is 13.8 Å². The van der Waals surface area contributed by atoms with Crippen molar-refractivity contribution < 1.29 is 18.0 Å². The number of ketones is 1. The fourth-order valence-corrected chi connectivity index (χ4v) is 2.16. The van der Waals surface area contributed by atoms with E-state index in [4.69, 9.17) is 5.14 Å². The van der Waals surface area contributed by atoms with Crippen molar-refractivity contribution in [2.24, 2.45) is 5.14 Å². The van der Waals surface area contributed by atoms with Crippen LogP contribution in [0.1, 0.15) is 24.5 Å². The Labute approximate surface area is 112 Å². The topological polar surface area (TPSA) is 106 Å². The summed E-state index contributed by atoms with van der Waals surface area (Å²) in [6.07, 6.45) is -0.252. The molecule has 0 saturated carbocycles. The van der Waals surface area contributed by atoms with Gasteiger partial charge in [-0.2, -0.15) is 0 Å². The number of benzene rings is 1. The molecule has 0 spiro atoms. The van der Waals surface area contributed by atoms with Gasteiger partial charge in [0.25, 0.3) is 0 Å². The van der Waals surface area contributed by atoms with E-state index in [1.807, 2.05) is 0 Å². The molecule has 0 bridgehead atoms. The number of primary sulfonamides is 1. The first-order chi connectivity index (χ1) is 8.61. The summed E-state index contributed by atoms with van der Waals surface area (Å²) in [5.74, 6) is -0.754. The largest absolute Gasteiger partial charge is 0.325 e. The van der Waals surface area contributed by atoms with E-state index >= 15 is 0 Å². The first-order valence-electron chi connectivity index (χ1n) is 5.54. The number of Topliss-reactive ketones (excluding diaryl/α,β-unsaturated/α-hetero) is 1. The molecule has 104 valence electrons. The van der Waals surface area contributed by atoms with Crippen molar-refractivity contribution in [2.45, 2.75) is 32.1 Å². The van der Waals surface area contributed by atoms with Crippen molar-refractivity contribution in [1.29, 1.82) is 0 Å². The molecule has 0 aliphatic rings. The zero-order chi connectivity index (χ0) is 14.8. The van der Waals surface area contributed by atoms with Gasteiger partial charge in [0.05, 0.1) is 11.3 Å². The Morgan fingerprint density at radius 3 is 2.32 bits per heavy atom. The molecule has 0 aromatic heterocycles. The molecule has 1 amide bonds. The van der Waals surface area contributed by atoms with E-state index in [0.717, 1.165) is 5.56 Å². The van der Waals surface area contributed by atoms with Crippen molar-refractivity contribution in [3.05, 3.63) is 23.3 Å². The van der Waals surface area contributed by atoms with Crippen LogP contribution < -0.4 is 10.5 Å². The molecule has 1 aromatic carbocycles. The number of hydrogen-bond acceptors (Lipinski definition) is 4. The molecular formula is C12H16N2O4S. The second kappa shape index (κ2) is 5.50. The number of carbonyl (C=O) groups is 2. The second-order valence-corrected chi connectivity index (χ2v) is 5.95. The van der Waals surface area contributed by atoms with Crippen molar-refractivity contribution >= 4 is 27.4 Å². The second-order valence-electron chi connectivity index (χ2n) is 4.38. The highest BCUT2D eigenvalue weighted by Crippen LogP contribution is 2.23. The maximum Gasteiger partial charge on any atom is 0.238 e. The van der Waals surface area contributed by atoms with Crippen LogP contribution >= 0.6 is 0 Å². The minimum absolute atomic E-state index is 0.0753. The lowest BCUT2D eigenvalue weighted by molar-refractivity contribution is -0.124. The molecule has 3 N–H and O–H groups in total. The molecule has 0 radical (unpaired) electrons. The summed E-state index contributed by atoms with van der Waals surface area (Å²) in [6, 6.07) is 2.72. The van der Waals surface area contributed by atoms with Gasteiger partial charge in [-0.15, -0.1) is 0 Å². The molecular weight excluding hydrogens is 268 g/mol. The van der Waals surface area contributed by atoms with Crippen LogP contribution in [0.2, 0.25) is 0 Å². The van der Waals surface area contributed by atoms with E-state index in [0.29, 0.717) is 11.3 Å². The number of anilines is 1. The molecule has 19 heavy (non-hydrogen) atoms. The summed E-state index contributed by atoms with van der Waals surface area (Å²) in [5, 5.41) is 7.58. The van der Waals surface area contributed by atoms with Gasteiger partial charge in [-0.25, -0.2) is 13.6 Å². The number of hydrogen-bond donors (Lipinski definition) is 2. The highest BCUT2D eigenvalue weighted by molar-refractivity contribution is 7.89. The molecule has 1 rings (SSSR count). The van der Waals surface area contributed by atoms with Gasteiger partial charge >= 0.3 is 0 Å². The van der Waals surface area contributed by atoms with Crippen LogP contribution in [0.4, 0.5) is 5.69 Å². The third-order valence-electron chi connectivity index (χ3n) is 2.65. The Kier molecular flexibility index (Phi) is 4.43. The summed E-state index contributed by atoms with van der Waals surface area (Å²) in [6.45, 7) is 4.76. The fourth-order valence-electron chi connectivity index (χ4n) is 1.54. The normalized spacial score (nSPS) is 11.2. The quantitative estimate of drug-likeness (QED) is 0.800. The van der Waals surface area contributed by atoms with Gasteiger partial charge in [-0.3, -0.25) is 9.59 Å². The number of sulfonamides is 1. The minimum Gasteiger partial charge on any atom is -0.325 e. The van der Waals surface area contributed by atoms with Crippen molar-refractivity contribution in [3.63, 3.8) is 0 Å². The highest BCUT2D eigenvalue weighted by atomic mass is 32.2. The number of carbonyl (C=O) groups excluding carboxylic acids is 2. The summed E-state index contributed by atoms with van der Waals surface area (Å²) in [5.41, 5.74) is 1.75. The van der Waals surface area contributed by atoms with E-state index in [1.54, 1.807) is 13.8 Å². The Hall–Kier alpha value is -1.73. The Balaban J connectivity index is 3.17. The van der Waals surface area contributed by atoms with Gasteiger partial charge in [0.2, 0.25) is 15.9 Å². The van der Waals surface area contributed by atoms with Crippen LogP contribution in [0.15, 0.2) is 17.0 Å². The maximum absolute atomic E-state index is 11.5. The summed E-state index contributed by atoms with van der Waals surface area (Å²) >= 11 is 0. The van der Waals surface area contributed by atoms with E-state index in [9.17, 15) is 18.0 Å². The number of amides is 1. The lowest BCUT2D eigenvalue weighted by Gasteiger charge is -2.12. The molecule has 0 aliphatic carbocycles. The van der Waals surface area contributed by atoms with Crippen LogP contribution in [0.3, 0.4) is 0 Å². The first-order valence-corrected chi connectivity index (χ1v) is 7.09. The molecule has 0 heterocycles. The Morgan fingerprint density at radius 1 is 1.26 bits per heavy atom. The number of nitrogens with two attached hydrogens (primary N) is 1. The van der Waals surface area contributed by atoms with Crippen molar-refractivity contribution in [3.8, 4) is 0 Å².